The number of aliphatic hydroxyl groups is 1. The first-order valence-electron chi connectivity index (χ1n) is 7.44. The second-order valence-corrected chi connectivity index (χ2v) is 6.17. The summed E-state index contributed by atoms with van der Waals surface area (Å²) in [7, 11) is 0. The lowest BCUT2D eigenvalue weighted by molar-refractivity contribution is 0.0232. The Morgan fingerprint density at radius 2 is 2.00 bits per heavy atom. The Labute approximate surface area is 124 Å². The van der Waals surface area contributed by atoms with Crippen LogP contribution in [0.2, 0.25) is 0 Å². The number of benzene rings is 1. The summed E-state index contributed by atoms with van der Waals surface area (Å²) < 4.78 is 5.71. The van der Waals surface area contributed by atoms with E-state index in [1.807, 2.05) is 32.9 Å². The summed E-state index contributed by atoms with van der Waals surface area (Å²) in [6, 6.07) is 5.81. The van der Waals surface area contributed by atoms with Gasteiger partial charge in [0.2, 0.25) is 0 Å². The third-order valence-corrected chi connectivity index (χ3v) is 4.55. The number of carbonyl (C=O) groups excluding carboxylic acids is 1. The van der Waals surface area contributed by atoms with Crippen molar-refractivity contribution in [2.45, 2.75) is 33.3 Å². The van der Waals surface area contributed by atoms with Crippen molar-refractivity contribution < 1.29 is 14.3 Å². The number of rotatable bonds is 1. The number of carbonyl (C=O) groups is 1. The highest BCUT2D eigenvalue weighted by Gasteiger charge is 2.29. The molecule has 2 heterocycles. The van der Waals surface area contributed by atoms with Crippen LogP contribution in [0.4, 0.5) is 0 Å². The van der Waals surface area contributed by atoms with Crippen LogP contribution in [0.5, 0.6) is 0 Å². The molecular weight excluding hydrogens is 266 g/mol. The number of fused-ring (bicyclic) bond motifs is 1. The van der Waals surface area contributed by atoms with Crippen LogP contribution < -0.4 is 0 Å². The van der Waals surface area contributed by atoms with E-state index in [0.29, 0.717) is 18.8 Å². The number of β-amino-alcohol motifs (C(OH)–C–C–N with tert-alkyl or cyclic N) is 1. The third-order valence-electron chi connectivity index (χ3n) is 4.55. The van der Waals surface area contributed by atoms with Crippen LogP contribution >= 0.6 is 0 Å². The summed E-state index contributed by atoms with van der Waals surface area (Å²) in [5.41, 5.74) is 3.08. The molecule has 0 radical (unpaired) electrons. The third kappa shape index (κ3) is 2.56. The van der Waals surface area contributed by atoms with Crippen LogP contribution in [0, 0.1) is 19.8 Å². The van der Waals surface area contributed by atoms with Gasteiger partial charge in [0.15, 0.2) is 5.76 Å². The summed E-state index contributed by atoms with van der Waals surface area (Å²) in [4.78, 5) is 14.2. The normalized spacial score (nSPS) is 22.8. The van der Waals surface area contributed by atoms with Crippen molar-refractivity contribution in [1.29, 1.82) is 0 Å². The molecule has 1 amide bonds. The highest BCUT2D eigenvalue weighted by molar-refractivity contribution is 5.96. The molecule has 1 saturated heterocycles. The Bertz CT molecular complexity index is 650. The summed E-state index contributed by atoms with van der Waals surface area (Å²) in [6.07, 6.45) is 0.377. The van der Waals surface area contributed by atoms with Gasteiger partial charge in [-0.15, -0.1) is 0 Å². The molecule has 4 nitrogen and oxygen atoms in total. The average molecular weight is 287 g/mol. The molecule has 1 N–H and O–H groups in total. The zero-order valence-corrected chi connectivity index (χ0v) is 12.7. The van der Waals surface area contributed by atoms with Gasteiger partial charge >= 0.3 is 0 Å². The van der Waals surface area contributed by atoms with Crippen molar-refractivity contribution >= 4 is 16.9 Å². The lowest BCUT2D eigenvalue weighted by Crippen LogP contribution is -2.45. The highest BCUT2D eigenvalue weighted by Crippen LogP contribution is 2.25. The maximum Gasteiger partial charge on any atom is 0.289 e. The molecule has 2 aromatic rings. The van der Waals surface area contributed by atoms with Gasteiger partial charge < -0.3 is 14.4 Å². The van der Waals surface area contributed by atoms with E-state index in [0.717, 1.165) is 23.0 Å². The molecule has 0 bridgehead atoms. The van der Waals surface area contributed by atoms with Gasteiger partial charge in [0.1, 0.15) is 5.58 Å². The van der Waals surface area contributed by atoms with Gasteiger partial charge in [-0.25, -0.2) is 0 Å². The first kappa shape index (κ1) is 14.1. The van der Waals surface area contributed by atoms with Crippen molar-refractivity contribution in [2.24, 2.45) is 5.92 Å². The van der Waals surface area contributed by atoms with Crippen LogP contribution in [0.25, 0.3) is 11.0 Å². The SMILES string of the molecule is Cc1cc2cc(C(=O)N3CCC(C)C(O)C3)oc2cc1C. The van der Waals surface area contributed by atoms with Crippen LogP contribution in [-0.4, -0.2) is 35.1 Å². The fourth-order valence-corrected chi connectivity index (χ4v) is 2.80. The molecule has 2 unspecified atom stereocenters. The quantitative estimate of drug-likeness (QED) is 0.877. The Morgan fingerprint density at radius 1 is 1.29 bits per heavy atom. The second-order valence-electron chi connectivity index (χ2n) is 6.17. The van der Waals surface area contributed by atoms with Gasteiger partial charge in [0.05, 0.1) is 6.10 Å². The van der Waals surface area contributed by atoms with E-state index in [1.165, 1.54) is 5.56 Å². The van der Waals surface area contributed by atoms with Crippen molar-refractivity contribution in [1.82, 2.24) is 4.90 Å². The minimum Gasteiger partial charge on any atom is -0.451 e. The molecule has 0 aliphatic carbocycles. The summed E-state index contributed by atoms with van der Waals surface area (Å²) in [5, 5.41) is 10.9. The molecule has 21 heavy (non-hydrogen) atoms. The molecular formula is C17H21NO3. The number of piperidine rings is 1. The number of aryl methyl sites for hydroxylation is 2. The number of furan rings is 1. The molecule has 2 atom stereocenters. The summed E-state index contributed by atoms with van der Waals surface area (Å²) in [6.45, 7) is 7.15. The Kier molecular flexibility index (Phi) is 3.49. The zero-order valence-electron chi connectivity index (χ0n) is 12.7. The first-order chi connectivity index (χ1) is 9.95. The van der Waals surface area contributed by atoms with E-state index in [-0.39, 0.29) is 11.8 Å². The average Bonchev–Trinajstić information content (AvgIpc) is 2.84. The van der Waals surface area contributed by atoms with E-state index >= 15 is 0 Å². The maximum atomic E-state index is 12.5. The first-order valence-corrected chi connectivity index (χ1v) is 7.44. The van der Waals surface area contributed by atoms with Crippen molar-refractivity contribution in [3.63, 3.8) is 0 Å². The molecule has 1 fully saturated rings. The molecule has 1 aliphatic heterocycles. The molecule has 112 valence electrons. The topological polar surface area (TPSA) is 53.7 Å². The zero-order chi connectivity index (χ0) is 15.1. The van der Waals surface area contributed by atoms with Gasteiger partial charge in [-0.05, 0) is 55.5 Å². The fourth-order valence-electron chi connectivity index (χ4n) is 2.80. The van der Waals surface area contributed by atoms with E-state index in [2.05, 4.69) is 0 Å². The van der Waals surface area contributed by atoms with E-state index in [1.54, 1.807) is 11.0 Å². The van der Waals surface area contributed by atoms with Crippen LogP contribution in [0.15, 0.2) is 22.6 Å². The van der Waals surface area contributed by atoms with Crippen LogP contribution in [-0.2, 0) is 0 Å². The molecule has 1 aromatic carbocycles. The predicted molar refractivity (Wildman–Crippen MR) is 81.4 cm³/mol. The van der Waals surface area contributed by atoms with Gasteiger partial charge in [-0.1, -0.05) is 6.92 Å². The van der Waals surface area contributed by atoms with E-state index in [4.69, 9.17) is 4.42 Å². The largest absolute Gasteiger partial charge is 0.451 e. The molecule has 3 rings (SSSR count). The standard InChI is InChI=1S/C17H21NO3/c1-10-4-5-18(9-14(10)19)17(20)16-8-13-6-11(2)12(3)7-15(13)21-16/h6-8,10,14,19H,4-5,9H2,1-3H3. The number of hydrogen-bond acceptors (Lipinski definition) is 3. The van der Waals surface area contributed by atoms with Crippen molar-refractivity contribution in [3.05, 3.63) is 35.1 Å². The maximum absolute atomic E-state index is 12.5. The summed E-state index contributed by atoms with van der Waals surface area (Å²) >= 11 is 0. The molecule has 0 spiro atoms. The Morgan fingerprint density at radius 3 is 2.71 bits per heavy atom. The lowest BCUT2D eigenvalue weighted by atomic mass is 9.96. The summed E-state index contributed by atoms with van der Waals surface area (Å²) in [5.74, 6) is 0.472. The minimum absolute atomic E-state index is 0.132. The molecule has 1 aromatic heterocycles. The van der Waals surface area contributed by atoms with Gasteiger partial charge in [0.25, 0.3) is 5.91 Å². The number of amides is 1. The van der Waals surface area contributed by atoms with Crippen molar-refractivity contribution in [3.8, 4) is 0 Å². The lowest BCUT2D eigenvalue weighted by Gasteiger charge is -2.33. The minimum atomic E-state index is -0.448. The fraction of sp³-hybridized carbons (Fsp3) is 0.471. The number of hydrogen-bond donors (Lipinski definition) is 1. The Balaban J connectivity index is 1.88. The Hall–Kier alpha value is -1.81. The number of likely N-dealkylation sites (tertiary alicyclic amines) is 1. The molecule has 4 heteroatoms. The van der Waals surface area contributed by atoms with Crippen LogP contribution in [0.3, 0.4) is 0 Å². The predicted octanol–water partition coefficient (Wildman–Crippen LogP) is 2.89. The number of nitrogens with zero attached hydrogens (tertiary/aromatic N) is 1. The van der Waals surface area contributed by atoms with E-state index in [9.17, 15) is 9.90 Å². The van der Waals surface area contributed by atoms with Crippen molar-refractivity contribution in [2.75, 3.05) is 13.1 Å². The van der Waals surface area contributed by atoms with Gasteiger partial charge in [0, 0.05) is 18.5 Å². The monoisotopic (exact) mass is 287 g/mol. The second kappa shape index (κ2) is 5.19. The van der Waals surface area contributed by atoms with E-state index < -0.39 is 6.10 Å². The van der Waals surface area contributed by atoms with Gasteiger partial charge in [-0.2, -0.15) is 0 Å². The number of aliphatic hydroxyl groups excluding tert-OH is 1. The molecule has 1 aliphatic rings. The smallest absolute Gasteiger partial charge is 0.289 e. The van der Waals surface area contributed by atoms with Gasteiger partial charge in [-0.3, -0.25) is 4.79 Å². The van der Waals surface area contributed by atoms with Crippen LogP contribution in [0.1, 0.15) is 35.0 Å². The highest BCUT2D eigenvalue weighted by atomic mass is 16.3. The molecule has 0 saturated carbocycles.